The molecule has 0 heterocycles. The predicted octanol–water partition coefficient (Wildman–Crippen LogP) is 6.78. The Bertz CT molecular complexity index is 930. The molecule has 0 spiro atoms. The summed E-state index contributed by atoms with van der Waals surface area (Å²) >= 11 is 1.45. The molecule has 0 aromatic heterocycles. The Labute approximate surface area is 172 Å². The first-order valence-electron chi connectivity index (χ1n) is 9.26. The van der Waals surface area contributed by atoms with E-state index in [-0.39, 0.29) is 17.5 Å². The van der Waals surface area contributed by atoms with Crippen molar-refractivity contribution in [1.29, 1.82) is 0 Å². The van der Waals surface area contributed by atoms with Crippen molar-refractivity contribution in [1.82, 2.24) is 0 Å². The van der Waals surface area contributed by atoms with Gasteiger partial charge in [-0.25, -0.2) is 0 Å². The maximum absolute atomic E-state index is 12.7. The van der Waals surface area contributed by atoms with Crippen LogP contribution in [0.3, 0.4) is 0 Å². The zero-order valence-corrected chi connectivity index (χ0v) is 16.5. The molecule has 0 saturated carbocycles. The third-order valence-electron chi connectivity index (χ3n) is 4.95. The average Bonchev–Trinajstić information content (AvgIpc) is 2.67. The number of carbonyl (C=O) groups excluding carboxylic acids is 1. The Morgan fingerprint density at radius 3 is 2.41 bits per heavy atom. The van der Waals surface area contributed by atoms with Gasteiger partial charge in [0.25, 0.3) is 0 Å². The molecule has 0 radical (unpaired) electrons. The fourth-order valence-electron chi connectivity index (χ4n) is 3.47. The molecule has 3 rings (SSSR count). The molecule has 1 atom stereocenters. The molecule has 152 valence electrons. The lowest BCUT2D eigenvalue weighted by Gasteiger charge is -2.24. The number of Topliss-reactive ketones (excluding diaryl/α,β-unsaturated/α-hetero) is 1. The van der Waals surface area contributed by atoms with Gasteiger partial charge in [-0.15, -0.1) is 11.8 Å². The number of alkyl halides is 3. The summed E-state index contributed by atoms with van der Waals surface area (Å²) in [5, 5.41) is 10.5. The van der Waals surface area contributed by atoms with Gasteiger partial charge in [-0.2, -0.15) is 13.2 Å². The molecular weight excluding hydrogens is 397 g/mol. The van der Waals surface area contributed by atoms with Gasteiger partial charge >= 0.3 is 6.18 Å². The minimum Gasteiger partial charge on any atom is -0.512 e. The number of aliphatic hydroxyl groups excluding tert-OH is 1. The van der Waals surface area contributed by atoms with Gasteiger partial charge in [0.1, 0.15) is 5.76 Å². The van der Waals surface area contributed by atoms with Crippen LogP contribution in [-0.4, -0.2) is 16.6 Å². The summed E-state index contributed by atoms with van der Waals surface area (Å²) in [5.74, 6) is 0.687. The SMILES string of the molecule is C=Cc1ccccc1C1=C(O)CC(CCSc2ccc(C(F)(F)F)cc2)CC1=O. The van der Waals surface area contributed by atoms with Crippen molar-refractivity contribution in [3.63, 3.8) is 0 Å². The summed E-state index contributed by atoms with van der Waals surface area (Å²) < 4.78 is 37.9. The molecule has 1 unspecified atom stereocenters. The smallest absolute Gasteiger partial charge is 0.416 e. The number of aliphatic hydroxyl groups is 1. The van der Waals surface area contributed by atoms with Gasteiger partial charge in [-0.3, -0.25) is 4.79 Å². The van der Waals surface area contributed by atoms with Gasteiger partial charge < -0.3 is 5.11 Å². The van der Waals surface area contributed by atoms with Gasteiger partial charge in [0.05, 0.1) is 11.1 Å². The van der Waals surface area contributed by atoms with E-state index in [2.05, 4.69) is 6.58 Å². The Morgan fingerprint density at radius 1 is 1.10 bits per heavy atom. The molecule has 1 N–H and O–H groups in total. The van der Waals surface area contributed by atoms with E-state index in [1.807, 2.05) is 18.2 Å². The van der Waals surface area contributed by atoms with Crippen molar-refractivity contribution in [2.45, 2.75) is 30.3 Å². The average molecular weight is 418 g/mol. The molecule has 0 aliphatic heterocycles. The van der Waals surface area contributed by atoms with E-state index < -0.39 is 11.7 Å². The number of benzene rings is 2. The number of hydrogen-bond donors (Lipinski definition) is 1. The second-order valence-corrected chi connectivity index (χ2v) is 8.14. The van der Waals surface area contributed by atoms with Crippen molar-refractivity contribution in [2.24, 2.45) is 5.92 Å². The summed E-state index contributed by atoms with van der Waals surface area (Å²) in [6, 6.07) is 12.4. The first kappa shape index (κ1) is 21.2. The lowest BCUT2D eigenvalue weighted by atomic mass is 9.82. The van der Waals surface area contributed by atoms with E-state index >= 15 is 0 Å². The van der Waals surface area contributed by atoms with Crippen LogP contribution in [0.5, 0.6) is 0 Å². The van der Waals surface area contributed by atoms with Crippen molar-refractivity contribution in [3.8, 4) is 0 Å². The van der Waals surface area contributed by atoms with E-state index in [4.69, 9.17) is 0 Å². The van der Waals surface area contributed by atoms with Crippen molar-refractivity contribution < 1.29 is 23.1 Å². The number of thioether (sulfide) groups is 1. The molecule has 1 aliphatic rings. The van der Waals surface area contributed by atoms with Gasteiger partial charge in [-0.05, 0) is 53.5 Å². The first-order valence-corrected chi connectivity index (χ1v) is 10.3. The van der Waals surface area contributed by atoms with Crippen LogP contribution >= 0.6 is 11.8 Å². The lowest BCUT2D eigenvalue weighted by Crippen LogP contribution is -2.19. The maximum Gasteiger partial charge on any atom is 0.416 e. The van der Waals surface area contributed by atoms with E-state index in [0.717, 1.165) is 22.6 Å². The number of rotatable bonds is 6. The second-order valence-electron chi connectivity index (χ2n) is 6.97. The maximum atomic E-state index is 12.7. The number of carbonyl (C=O) groups is 1. The fourth-order valence-corrected chi connectivity index (χ4v) is 4.48. The number of allylic oxidation sites excluding steroid dienone is 2. The van der Waals surface area contributed by atoms with Crippen molar-refractivity contribution in [2.75, 3.05) is 5.75 Å². The van der Waals surface area contributed by atoms with E-state index in [9.17, 15) is 23.1 Å². The molecule has 0 bridgehead atoms. The topological polar surface area (TPSA) is 37.3 Å². The van der Waals surface area contributed by atoms with E-state index in [0.29, 0.717) is 36.2 Å². The van der Waals surface area contributed by atoms with Gasteiger partial charge in [-0.1, -0.05) is 36.9 Å². The Morgan fingerprint density at radius 2 is 1.79 bits per heavy atom. The monoisotopic (exact) mass is 418 g/mol. The summed E-state index contributed by atoms with van der Waals surface area (Å²) in [6.07, 6.45) is -1.22. The molecular formula is C23H21F3O2S. The predicted molar refractivity (Wildman–Crippen MR) is 111 cm³/mol. The molecule has 2 nitrogen and oxygen atoms in total. The molecule has 0 amide bonds. The van der Waals surface area contributed by atoms with Crippen molar-refractivity contribution >= 4 is 29.2 Å². The van der Waals surface area contributed by atoms with Crippen LogP contribution in [0.15, 0.2) is 65.8 Å². The van der Waals surface area contributed by atoms with E-state index in [1.54, 1.807) is 12.1 Å². The standard InChI is InChI=1S/C23H21F3O2S/c1-2-16-5-3-4-6-19(16)22-20(27)13-15(14-21(22)28)11-12-29-18-9-7-17(8-10-18)23(24,25)26/h2-10,15,27H,1,11-14H2. The number of hydrogen-bond acceptors (Lipinski definition) is 3. The molecule has 2 aromatic carbocycles. The van der Waals surface area contributed by atoms with Crippen LogP contribution in [0.25, 0.3) is 11.6 Å². The third kappa shape index (κ3) is 5.12. The largest absolute Gasteiger partial charge is 0.512 e. The van der Waals surface area contributed by atoms with Crippen molar-refractivity contribution in [3.05, 3.63) is 77.6 Å². The number of ketones is 1. The minimum absolute atomic E-state index is 0.0177. The molecule has 2 aromatic rings. The van der Waals surface area contributed by atoms with Crippen LogP contribution in [0.1, 0.15) is 36.0 Å². The van der Waals surface area contributed by atoms with Crippen LogP contribution < -0.4 is 0 Å². The fraction of sp³-hybridized carbons (Fsp3) is 0.261. The molecule has 0 fully saturated rings. The van der Waals surface area contributed by atoms with Gasteiger partial charge in [0, 0.05) is 17.7 Å². The molecule has 6 heteroatoms. The quantitative estimate of drug-likeness (QED) is 0.526. The van der Waals surface area contributed by atoms with Gasteiger partial charge in [0.2, 0.25) is 0 Å². The Hall–Kier alpha value is -2.47. The normalized spacial score (nSPS) is 17.5. The third-order valence-corrected chi connectivity index (χ3v) is 6.00. The first-order chi connectivity index (χ1) is 13.8. The number of halogens is 3. The van der Waals surface area contributed by atoms with Crippen LogP contribution in [0.4, 0.5) is 13.2 Å². The second kappa shape index (κ2) is 8.91. The summed E-state index contributed by atoms with van der Waals surface area (Å²) in [6.45, 7) is 3.76. The summed E-state index contributed by atoms with van der Waals surface area (Å²) in [4.78, 5) is 13.4. The molecule has 1 aliphatic carbocycles. The lowest BCUT2D eigenvalue weighted by molar-refractivity contribution is -0.137. The minimum atomic E-state index is -4.34. The molecule has 0 saturated heterocycles. The zero-order valence-electron chi connectivity index (χ0n) is 15.7. The summed E-state index contributed by atoms with van der Waals surface area (Å²) in [5.41, 5.74) is 1.20. The van der Waals surface area contributed by atoms with E-state index in [1.165, 1.54) is 23.9 Å². The highest BCUT2D eigenvalue weighted by Crippen LogP contribution is 2.36. The molecule has 29 heavy (non-hydrogen) atoms. The summed E-state index contributed by atoms with van der Waals surface area (Å²) in [7, 11) is 0. The Kier molecular flexibility index (Phi) is 6.52. The highest BCUT2D eigenvalue weighted by molar-refractivity contribution is 7.99. The highest BCUT2D eigenvalue weighted by atomic mass is 32.2. The zero-order chi connectivity index (χ0) is 21.0. The van der Waals surface area contributed by atoms with Crippen LogP contribution in [0, 0.1) is 5.92 Å². The van der Waals surface area contributed by atoms with Crippen LogP contribution in [-0.2, 0) is 11.0 Å². The van der Waals surface area contributed by atoms with Gasteiger partial charge in [0.15, 0.2) is 5.78 Å². The van der Waals surface area contributed by atoms with Crippen LogP contribution in [0.2, 0.25) is 0 Å². The Balaban J connectivity index is 1.61. The highest BCUT2D eigenvalue weighted by Gasteiger charge is 2.30.